The van der Waals surface area contributed by atoms with Crippen LogP contribution in [0.15, 0.2) is 0 Å². The maximum absolute atomic E-state index is 10.8. The van der Waals surface area contributed by atoms with Crippen molar-refractivity contribution in [2.75, 3.05) is 13.7 Å². The largest absolute Gasteiger partial charge is 0.480 e. The number of carboxylic acid groups (broad SMARTS) is 1. The molecule has 14 heavy (non-hydrogen) atoms. The van der Waals surface area contributed by atoms with Crippen molar-refractivity contribution in [2.45, 2.75) is 45.2 Å². The van der Waals surface area contributed by atoms with E-state index in [1.54, 1.807) is 0 Å². The van der Waals surface area contributed by atoms with Crippen molar-refractivity contribution in [3.05, 3.63) is 0 Å². The van der Waals surface area contributed by atoms with Crippen LogP contribution >= 0.6 is 0 Å². The Morgan fingerprint density at radius 2 is 2.14 bits per heavy atom. The summed E-state index contributed by atoms with van der Waals surface area (Å²) >= 11 is 0. The van der Waals surface area contributed by atoms with Crippen molar-refractivity contribution in [1.82, 2.24) is 5.32 Å². The number of methoxy groups -OCH3 is 1. The van der Waals surface area contributed by atoms with Crippen LogP contribution in [0.2, 0.25) is 0 Å². The Hall–Kier alpha value is -0.610. The van der Waals surface area contributed by atoms with E-state index < -0.39 is 12.0 Å². The number of ether oxygens (including phenoxy) is 1. The van der Waals surface area contributed by atoms with E-state index in [4.69, 9.17) is 9.84 Å². The van der Waals surface area contributed by atoms with Crippen LogP contribution in [0.25, 0.3) is 0 Å². The molecule has 0 aromatic carbocycles. The van der Waals surface area contributed by atoms with Gasteiger partial charge in [-0.2, -0.15) is 0 Å². The fourth-order valence-electron chi connectivity index (χ4n) is 1.40. The fraction of sp³-hybridized carbons (Fsp3) is 0.900. The maximum atomic E-state index is 10.8. The van der Waals surface area contributed by atoms with E-state index in [0.29, 0.717) is 0 Å². The van der Waals surface area contributed by atoms with E-state index >= 15 is 0 Å². The van der Waals surface area contributed by atoms with Crippen molar-refractivity contribution in [3.8, 4) is 0 Å². The first kappa shape index (κ1) is 13.4. The molecule has 4 heteroatoms. The molecular formula is C10H21NO3. The second-order valence-electron chi connectivity index (χ2n) is 3.41. The summed E-state index contributed by atoms with van der Waals surface area (Å²) in [6.07, 6.45) is 3.01. The highest BCUT2D eigenvalue weighted by Gasteiger charge is 2.19. The molecule has 0 spiro atoms. The Bertz CT molecular complexity index is 161. The van der Waals surface area contributed by atoms with Gasteiger partial charge in [-0.3, -0.25) is 10.1 Å². The third kappa shape index (κ3) is 5.19. The lowest BCUT2D eigenvalue weighted by Gasteiger charge is -2.21. The number of hydrogen-bond donors (Lipinski definition) is 2. The zero-order valence-corrected chi connectivity index (χ0v) is 9.25. The van der Waals surface area contributed by atoms with E-state index in [-0.39, 0.29) is 12.6 Å². The summed E-state index contributed by atoms with van der Waals surface area (Å²) in [6.45, 7) is 4.37. The second kappa shape index (κ2) is 7.76. The van der Waals surface area contributed by atoms with Crippen molar-refractivity contribution in [1.29, 1.82) is 0 Å². The summed E-state index contributed by atoms with van der Waals surface area (Å²) < 4.78 is 4.85. The van der Waals surface area contributed by atoms with Crippen LogP contribution in [0.3, 0.4) is 0 Å². The Morgan fingerprint density at radius 3 is 2.50 bits per heavy atom. The van der Waals surface area contributed by atoms with Gasteiger partial charge in [0.25, 0.3) is 0 Å². The van der Waals surface area contributed by atoms with Crippen LogP contribution in [0, 0.1) is 0 Å². The Kier molecular flexibility index (Phi) is 7.42. The lowest BCUT2D eigenvalue weighted by molar-refractivity contribution is -0.141. The van der Waals surface area contributed by atoms with Gasteiger partial charge >= 0.3 is 5.97 Å². The Morgan fingerprint density at radius 1 is 1.50 bits per heavy atom. The topological polar surface area (TPSA) is 58.6 Å². The minimum Gasteiger partial charge on any atom is -0.480 e. The van der Waals surface area contributed by atoms with Crippen LogP contribution in [0.1, 0.15) is 33.1 Å². The van der Waals surface area contributed by atoms with Crippen molar-refractivity contribution >= 4 is 5.97 Å². The molecule has 0 fully saturated rings. The summed E-state index contributed by atoms with van der Waals surface area (Å²) in [5.41, 5.74) is 0. The zero-order chi connectivity index (χ0) is 11.0. The highest BCUT2D eigenvalue weighted by molar-refractivity contribution is 5.73. The van der Waals surface area contributed by atoms with Gasteiger partial charge in [0, 0.05) is 13.2 Å². The lowest BCUT2D eigenvalue weighted by Crippen LogP contribution is -2.45. The normalized spacial score (nSPS) is 15.1. The van der Waals surface area contributed by atoms with Crippen LogP contribution in [0.4, 0.5) is 0 Å². The van der Waals surface area contributed by atoms with Crippen molar-refractivity contribution in [2.24, 2.45) is 0 Å². The van der Waals surface area contributed by atoms with Gasteiger partial charge in [0.05, 0.1) is 6.61 Å². The molecule has 0 saturated heterocycles. The number of nitrogens with one attached hydrogen (secondary N) is 1. The quantitative estimate of drug-likeness (QED) is 0.623. The Balaban J connectivity index is 4.03. The van der Waals surface area contributed by atoms with Gasteiger partial charge in [-0.1, -0.05) is 20.3 Å². The number of aliphatic carboxylic acids is 1. The molecular weight excluding hydrogens is 182 g/mol. The number of carbonyl (C=O) groups is 1. The van der Waals surface area contributed by atoms with Crippen LogP contribution in [0.5, 0.6) is 0 Å². The molecule has 0 aliphatic carbocycles. The summed E-state index contributed by atoms with van der Waals surface area (Å²) in [4.78, 5) is 10.8. The van der Waals surface area contributed by atoms with Gasteiger partial charge in [0.1, 0.15) is 6.04 Å². The molecule has 0 bridgehead atoms. The molecule has 0 heterocycles. The lowest BCUT2D eigenvalue weighted by atomic mass is 10.1. The van der Waals surface area contributed by atoms with Crippen LogP contribution in [-0.4, -0.2) is 36.9 Å². The average molecular weight is 203 g/mol. The predicted molar refractivity (Wildman–Crippen MR) is 55.4 cm³/mol. The number of hydrogen-bond acceptors (Lipinski definition) is 3. The SMILES string of the molecule is CCCC(CC)NC(COC)C(=O)O. The molecule has 0 aliphatic heterocycles. The monoisotopic (exact) mass is 203 g/mol. The predicted octanol–water partition coefficient (Wildman–Crippen LogP) is 1.25. The van der Waals surface area contributed by atoms with E-state index in [0.717, 1.165) is 19.3 Å². The molecule has 0 aromatic rings. The molecule has 0 amide bonds. The zero-order valence-electron chi connectivity index (χ0n) is 9.25. The van der Waals surface area contributed by atoms with Gasteiger partial charge in [0.2, 0.25) is 0 Å². The summed E-state index contributed by atoms with van der Waals surface area (Å²) in [5, 5.41) is 12.0. The highest BCUT2D eigenvalue weighted by atomic mass is 16.5. The molecule has 0 radical (unpaired) electrons. The molecule has 2 unspecified atom stereocenters. The van der Waals surface area contributed by atoms with Crippen molar-refractivity contribution in [3.63, 3.8) is 0 Å². The molecule has 84 valence electrons. The van der Waals surface area contributed by atoms with Gasteiger partial charge in [0.15, 0.2) is 0 Å². The van der Waals surface area contributed by atoms with Crippen LogP contribution < -0.4 is 5.32 Å². The third-order valence-corrected chi connectivity index (χ3v) is 2.20. The molecule has 0 aromatic heterocycles. The third-order valence-electron chi connectivity index (χ3n) is 2.20. The molecule has 4 nitrogen and oxygen atoms in total. The maximum Gasteiger partial charge on any atom is 0.323 e. The van der Waals surface area contributed by atoms with Gasteiger partial charge in [-0.25, -0.2) is 0 Å². The number of carboxylic acids is 1. The van der Waals surface area contributed by atoms with E-state index in [9.17, 15) is 4.79 Å². The smallest absolute Gasteiger partial charge is 0.323 e. The molecule has 2 atom stereocenters. The summed E-state index contributed by atoms with van der Waals surface area (Å²) in [7, 11) is 1.51. The highest BCUT2D eigenvalue weighted by Crippen LogP contribution is 2.02. The van der Waals surface area contributed by atoms with E-state index in [2.05, 4.69) is 19.2 Å². The minimum absolute atomic E-state index is 0.218. The first-order valence-corrected chi connectivity index (χ1v) is 5.13. The van der Waals surface area contributed by atoms with E-state index in [1.165, 1.54) is 7.11 Å². The van der Waals surface area contributed by atoms with Gasteiger partial charge in [-0.05, 0) is 12.8 Å². The van der Waals surface area contributed by atoms with Crippen LogP contribution in [-0.2, 0) is 9.53 Å². The fourth-order valence-corrected chi connectivity index (χ4v) is 1.40. The van der Waals surface area contributed by atoms with Crippen molar-refractivity contribution < 1.29 is 14.6 Å². The van der Waals surface area contributed by atoms with Gasteiger partial charge in [-0.15, -0.1) is 0 Å². The Labute approximate surface area is 85.6 Å². The summed E-state index contributed by atoms with van der Waals surface area (Å²) in [5.74, 6) is -0.846. The molecule has 2 N–H and O–H groups in total. The number of rotatable bonds is 8. The second-order valence-corrected chi connectivity index (χ2v) is 3.41. The first-order chi connectivity index (χ1) is 6.65. The first-order valence-electron chi connectivity index (χ1n) is 5.13. The van der Waals surface area contributed by atoms with E-state index in [1.807, 2.05) is 0 Å². The molecule has 0 saturated carbocycles. The van der Waals surface area contributed by atoms with Gasteiger partial charge < -0.3 is 9.84 Å². The summed E-state index contributed by atoms with van der Waals surface area (Å²) in [6, 6.07) is -0.312. The average Bonchev–Trinajstić information content (AvgIpc) is 2.15. The molecule has 0 rings (SSSR count). The molecule has 0 aliphatic rings. The minimum atomic E-state index is -0.846. The standard InChI is InChI=1S/C10H21NO3/c1-4-6-8(5-2)11-9(7-14-3)10(12)13/h8-9,11H,4-7H2,1-3H3,(H,12,13).